The number of likely N-dealkylation sites (tertiary alicyclic amines) is 1. The number of hydrogen-bond donors (Lipinski definition) is 0. The lowest BCUT2D eigenvalue weighted by Crippen LogP contribution is -2.39. The summed E-state index contributed by atoms with van der Waals surface area (Å²) in [4.78, 5) is 19.6. The van der Waals surface area contributed by atoms with E-state index < -0.39 is 0 Å². The predicted molar refractivity (Wildman–Crippen MR) is 113 cm³/mol. The molecule has 5 nitrogen and oxygen atoms in total. The van der Waals surface area contributed by atoms with E-state index in [1.165, 1.54) is 10.4 Å². The van der Waals surface area contributed by atoms with Gasteiger partial charge in [-0.25, -0.2) is 4.79 Å². The highest BCUT2D eigenvalue weighted by Gasteiger charge is 2.30. The van der Waals surface area contributed by atoms with Crippen molar-refractivity contribution in [2.75, 3.05) is 13.2 Å². The van der Waals surface area contributed by atoms with Crippen LogP contribution in [0.5, 0.6) is 5.75 Å². The molecular weight excluding hydrogens is 384 g/mol. The number of amides is 1. The van der Waals surface area contributed by atoms with E-state index in [1.54, 1.807) is 16.2 Å². The molecule has 3 aromatic rings. The second kappa shape index (κ2) is 9.56. The second-order valence-electron chi connectivity index (χ2n) is 7.13. The molecule has 4 rings (SSSR count). The molecule has 1 aliphatic heterocycles. The molecule has 0 N–H and O–H groups in total. The maximum atomic E-state index is 12.5. The topological polar surface area (TPSA) is 51.7 Å². The van der Waals surface area contributed by atoms with Gasteiger partial charge in [0.25, 0.3) is 0 Å². The summed E-state index contributed by atoms with van der Waals surface area (Å²) in [5.41, 5.74) is 4.07. The van der Waals surface area contributed by atoms with Crippen molar-refractivity contribution in [2.45, 2.75) is 31.9 Å². The molecule has 150 valence electrons. The van der Waals surface area contributed by atoms with Crippen molar-refractivity contribution in [1.82, 2.24) is 9.88 Å². The number of ether oxygens (including phenoxy) is 2. The molecule has 0 unspecified atom stereocenters. The van der Waals surface area contributed by atoms with Gasteiger partial charge in [0.05, 0.1) is 11.6 Å². The van der Waals surface area contributed by atoms with E-state index in [4.69, 9.17) is 9.47 Å². The number of rotatable bonds is 7. The number of nitrogens with zero attached hydrogens (tertiary/aromatic N) is 2. The summed E-state index contributed by atoms with van der Waals surface area (Å²) >= 11 is 1.66. The zero-order chi connectivity index (χ0) is 19.9. The van der Waals surface area contributed by atoms with Crippen LogP contribution >= 0.6 is 11.3 Å². The third-order valence-corrected chi connectivity index (χ3v) is 5.82. The van der Waals surface area contributed by atoms with Crippen LogP contribution in [0.3, 0.4) is 0 Å². The van der Waals surface area contributed by atoms with Gasteiger partial charge in [0, 0.05) is 24.0 Å². The van der Waals surface area contributed by atoms with Crippen LogP contribution in [-0.2, 0) is 17.8 Å². The fourth-order valence-electron chi connectivity index (χ4n) is 3.48. The number of thiazole rings is 1. The number of carbonyl (C=O) groups excluding carboxylic acids is 1. The third-order valence-electron chi connectivity index (χ3n) is 5.04. The maximum absolute atomic E-state index is 12.5. The van der Waals surface area contributed by atoms with Gasteiger partial charge < -0.3 is 14.4 Å². The van der Waals surface area contributed by atoms with Gasteiger partial charge in [0.1, 0.15) is 19.0 Å². The number of hydrogen-bond acceptors (Lipinski definition) is 5. The van der Waals surface area contributed by atoms with E-state index in [-0.39, 0.29) is 12.1 Å². The van der Waals surface area contributed by atoms with Crippen LogP contribution in [0.15, 0.2) is 66.3 Å². The van der Waals surface area contributed by atoms with E-state index in [0.29, 0.717) is 13.2 Å². The molecule has 2 heterocycles. The summed E-state index contributed by atoms with van der Waals surface area (Å²) < 4.78 is 11.5. The van der Waals surface area contributed by atoms with Crippen LogP contribution in [0, 0.1) is 0 Å². The highest BCUT2D eigenvalue weighted by atomic mass is 32.1. The minimum atomic E-state index is -0.264. The third kappa shape index (κ3) is 5.35. The summed E-state index contributed by atoms with van der Waals surface area (Å²) in [6.45, 7) is 1.50. The first-order valence-corrected chi connectivity index (χ1v) is 10.7. The lowest BCUT2D eigenvalue weighted by atomic mass is 10.1. The molecule has 6 heteroatoms. The molecule has 1 saturated heterocycles. The molecule has 0 saturated carbocycles. The summed E-state index contributed by atoms with van der Waals surface area (Å²) in [6, 6.07) is 17.9. The Morgan fingerprint density at radius 2 is 1.93 bits per heavy atom. The first kappa shape index (κ1) is 19.5. The lowest BCUT2D eigenvalue weighted by molar-refractivity contribution is 0.0824. The average Bonchev–Trinajstić information content (AvgIpc) is 3.44. The molecule has 0 spiro atoms. The van der Waals surface area contributed by atoms with Gasteiger partial charge in [-0.2, -0.15) is 0 Å². The van der Waals surface area contributed by atoms with Gasteiger partial charge >= 0.3 is 6.09 Å². The highest BCUT2D eigenvalue weighted by Crippen LogP contribution is 2.22. The highest BCUT2D eigenvalue weighted by molar-refractivity contribution is 7.09. The molecule has 1 aromatic heterocycles. The van der Waals surface area contributed by atoms with E-state index in [9.17, 15) is 4.79 Å². The zero-order valence-corrected chi connectivity index (χ0v) is 17.0. The van der Waals surface area contributed by atoms with Gasteiger partial charge in [-0.1, -0.05) is 42.5 Å². The molecule has 2 aromatic carbocycles. The summed E-state index contributed by atoms with van der Waals surface area (Å²) in [6.07, 6.45) is 4.43. The van der Waals surface area contributed by atoms with Crippen LogP contribution in [0.1, 0.15) is 28.8 Å². The van der Waals surface area contributed by atoms with Crippen molar-refractivity contribution in [3.8, 4) is 5.75 Å². The summed E-state index contributed by atoms with van der Waals surface area (Å²) in [5, 5.41) is 0. The van der Waals surface area contributed by atoms with Crippen molar-refractivity contribution < 1.29 is 14.3 Å². The molecule has 1 aliphatic rings. The molecule has 1 fully saturated rings. The van der Waals surface area contributed by atoms with Crippen molar-refractivity contribution in [1.29, 1.82) is 0 Å². The Hall–Kier alpha value is -2.86. The summed E-state index contributed by atoms with van der Waals surface area (Å²) in [5.74, 6) is 0.822. The Balaban J connectivity index is 1.26. The molecule has 0 bridgehead atoms. The van der Waals surface area contributed by atoms with Crippen molar-refractivity contribution in [2.24, 2.45) is 0 Å². The van der Waals surface area contributed by atoms with Crippen molar-refractivity contribution >= 4 is 17.4 Å². The smallest absolute Gasteiger partial charge is 0.410 e. The zero-order valence-electron chi connectivity index (χ0n) is 16.2. The van der Waals surface area contributed by atoms with Gasteiger partial charge in [-0.05, 0) is 36.1 Å². The maximum Gasteiger partial charge on any atom is 0.410 e. The molecule has 0 radical (unpaired) electrons. The Morgan fingerprint density at radius 3 is 2.69 bits per heavy atom. The lowest BCUT2D eigenvalue weighted by Gasteiger charge is -2.24. The number of aromatic nitrogens is 1. The molecule has 1 atom stereocenters. The fraction of sp³-hybridized carbons (Fsp3) is 0.304. The minimum absolute atomic E-state index is 0.0511. The molecule has 0 aliphatic carbocycles. The summed E-state index contributed by atoms with van der Waals surface area (Å²) in [7, 11) is 0. The second-order valence-corrected chi connectivity index (χ2v) is 8.10. The monoisotopic (exact) mass is 408 g/mol. The Kier molecular flexibility index (Phi) is 6.42. The van der Waals surface area contributed by atoms with E-state index in [0.717, 1.165) is 37.1 Å². The van der Waals surface area contributed by atoms with E-state index in [2.05, 4.69) is 17.1 Å². The van der Waals surface area contributed by atoms with Gasteiger partial charge in [0.2, 0.25) is 0 Å². The van der Waals surface area contributed by atoms with Crippen LogP contribution < -0.4 is 4.74 Å². The van der Waals surface area contributed by atoms with Crippen LogP contribution in [0.4, 0.5) is 4.79 Å². The largest absolute Gasteiger partial charge is 0.491 e. The quantitative estimate of drug-likeness (QED) is 0.557. The average molecular weight is 409 g/mol. The molecule has 1 amide bonds. The predicted octanol–water partition coefficient (Wildman–Crippen LogP) is 4.91. The minimum Gasteiger partial charge on any atom is -0.491 e. The van der Waals surface area contributed by atoms with Crippen molar-refractivity contribution in [3.63, 3.8) is 0 Å². The Labute approximate surface area is 174 Å². The van der Waals surface area contributed by atoms with Crippen LogP contribution in [-0.4, -0.2) is 35.2 Å². The van der Waals surface area contributed by atoms with E-state index in [1.807, 2.05) is 54.2 Å². The molecule has 29 heavy (non-hydrogen) atoms. The normalized spacial score (nSPS) is 16.0. The number of benzene rings is 2. The van der Waals surface area contributed by atoms with Crippen LogP contribution in [0.25, 0.3) is 0 Å². The molecular formula is C23H24N2O3S. The number of carbonyl (C=O) groups is 1. The van der Waals surface area contributed by atoms with E-state index >= 15 is 0 Å². The Morgan fingerprint density at radius 1 is 1.10 bits per heavy atom. The van der Waals surface area contributed by atoms with Gasteiger partial charge in [0.15, 0.2) is 0 Å². The van der Waals surface area contributed by atoms with Crippen LogP contribution in [0.2, 0.25) is 0 Å². The van der Waals surface area contributed by atoms with Gasteiger partial charge in [-0.15, -0.1) is 11.3 Å². The first-order valence-electron chi connectivity index (χ1n) is 9.84. The SMILES string of the molecule is O=C(OCc1ccccc1)N1CCC[C@@H]1COc1ccc(Cc2cncs2)cc1. The Bertz CT molecular complexity index is 898. The fourth-order valence-corrected chi connectivity index (χ4v) is 4.11. The van der Waals surface area contributed by atoms with Gasteiger partial charge in [-0.3, -0.25) is 4.98 Å². The standard InChI is InChI=1S/C23H24N2O3S/c26-23(28-15-19-5-2-1-3-6-19)25-12-4-7-20(25)16-27-21-10-8-18(9-11-21)13-22-14-24-17-29-22/h1-3,5-6,8-11,14,17,20H,4,7,12-13,15-16H2/t20-/m1/s1. The first-order chi connectivity index (χ1) is 14.3. The van der Waals surface area contributed by atoms with Crippen molar-refractivity contribution in [3.05, 3.63) is 82.3 Å².